The van der Waals surface area contributed by atoms with E-state index in [9.17, 15) is 8.78 Å². The Morgan fingerprint density at radius 2 is 1.86 bits per heavy atom. The molecule has 1 aromatic heterocycles. The summed E-state index contributed by atoms with van der Waals surface area (Å²) in [5.41, 5.74) is 5.29. The quantitative estimate of drug-likeness (QED) is 0.604. The predicted octanol–water partition coefficient (Wildman–Crippen LogP) is 4.99. The molecule has 2 unspecified atom stereocenters. The fourth-order valence-corrected chi connectivity index (χ4v) is 7.01. The number of hydrogen-bond acceptors (Lipinski definition) is 5. The molecule has 1 fully saturated rings. The fourth-order valence-electron chi connectivity index (χ4n) is 7.01. The summed E-state index contributed by atoms with van der Waals surface area (Å²) in [5.74, 6) is 0.911. The smallest absolute Gasteiger partial charge is 0.260 e. The first-order chi connectivity index (χ1) is 17.0. The molecule has 0 saturated heterocycles. The normalized spacial score (nSPS) is 28.1. The van der Waals surface area contributed by atoms with Gasteiger partial charge < -0.3 is 9.80 Å². The van der Waals surface area contributed by atoms with Crippen LogP contribution in [0, 0.1) is 11.8 Å². The summed E-state index contributed by atoms with van der Waals surface area (Å²) in [5, 5.41) is 11.5. The Morgan fingerprint density at radius 1 is 1.03 bits per heavy atom. The first-order valence-corrected chi connectivity index (χ1v) is 13.5. The van der Waals surface area contributed by atoms with E-state index in [0.29, 0.717) is 19.0 Å². The summed E-state index contributed by atoms with van der Waals surface area (Å²) in [6.45, 7) is 3.50. The van der Waals surface area contributed by atoms with Crippen LogP contribution in [0.25, 0.3) is 0 Å². The lowest BCUT2D eigenvalue weighted by Gasteiger charge is -2.38. The van der Waals surface area contributed by atoms with Crippen molar-refractivity contribution in [3.8, 4) is 0 Å². The third-order valence-electron chi connectivity index (χ3n) is 8.84. The summed E-state index contributed by atoms with van der Waals surface area (Å²) in [6.07, 6.45) is 11.3. The Labute approximate surface area is 207 Å². The van der Waals surface area contributed by atoms with E-state index in [4.69, 9.17) is 5.10 Å². The Hall–Kier alpha value is -2.22. The zero-order chi connectivity index (χ0) is 24.1. The number of halogens is 2. The molecular formula is C27H38F2N6. The van der Waals surface area contributed by atoms with E-state index in [0.717, 1.165) is 50.4 Å². The van der Waals surface area contributed by atoms with Gasteiger partial charge in [0.25, 0.3) is 6.43 Å². The number of likely N-dealkylation sites (N-methyl/N-ethyl adjacent to an activating group) is 1. The van der Waals surface area contributed by atoms with Crippen molar-refractivity contribution in [2.75, 3.05) is 38.6 Å². The van der Waals surface area contributed by atoms with Crippen molar-refractivity contribution in [2.45, 2.75) is 76.8 Å². The molecule has 0 radical (unpaired) electrons. The number of allylic oxidation sites excluding steroid dienone is 3. The number of rotatable bonds is 4. The largest absolute Gasteiger partial charge is 0.325 e. The van der Waals surface area contributed by atoms with Gasteiger partial charge in [0.05, 0.1) is 6.04 Å². The Balaban J connectivity index is 1.38. The third-order valence-corrected chi connectivity index (χ3v) is 8.84. The van der Waals surface area contributed by atoms with Crippen molar-refractivity contribution >= 4 is 12.0 Å². The molecule has 2 aliphatic carbocycles. The van der Waals surface area contributed by atoms with Gasteiger partial charge in [0.15, 0.2) is 5.82 Å². The van der Waals surface area contributed by atoms with E-state index in [1.54, 1.807) is 0 Å². The van der Waals surface area contributed by atoms with Crippen LogP contribution >= 0.6 is 0 Å². The Kier molecular flexibility index (Phi) is 6.19. The molecule has 0 bridgehead atoms. The van der Waals surface area contributed by atoms with Crippen LogP contribution in [0.2, 0.25) is 0 Å². The van der Waals surface area contributed by atoms with Crippen LogP contribution in [-0.2, 0) is 13.0 Å². The third kappa shape index (κ3) is 4.21. The summed E-state index contributed by atoms with van der Waals surface area (Å²) in [6, 6.07) is 0.481. The van der Waals surface area contributed by atoms with Gasteiger partial charge >= 0.3 is 0 Å². The number of aromatic nitrogens is 2. The van der Waals surface area contributed by atoms with E-state index in [2.05, 4.69) is 26.6 Å². The molecule has 1 saturated carbocycles. The Bertz CT molecular complexity index is 1050. The minimum absolute atomic E-state index is 0.0524. The van der Waals surface area contributed by atoms with Crippen LogP contribution in [0.3, 0.4) is 0 Å². The van der Waals surface area contributed by atoms with Crippen molar-refractivity contribution in [3.63, 3.8) is 0 Å². The lowest BCUT2D eigenvalue weighted by molar-refractivity contribution is 0.164. The molecule has 190 valence electrons. The molecule has 6 rings (SSSR count). The maximum atomic E-state index is 14.4. The molecule has 2 atom stereocenters. The van der Waals surface area contributed by atoms with E-state index in [1.165, 1.54) is 48.9 Å². The molecule has 8 heteroatoms. The van der Waals surface area contributed by atoms with Crippen LogP contribution in [0.4, 0.5) is 14.6 Å². The zero-order valence-electron chi connectivity index (χ0n) is 21.1. The average Bonchev–Trinajstić information content (AvgIpc) is 3.46. The van der Waals surface area contributed by atoms with Gasteiger partial charge in [-0.2, -0.15) is 10.2 Å². The highest BCUT2D eigenvalue weighted by atomic mass is 19.3. The summed E-state index contributed by atoms with van der Waals surface area (Å²) in [7, 11) is 4.09. The van der Waals surface area contributed by atoms with Gasteiger partial charge in [-0.15, -0.1) is 0 Å². The van der Waals surface area contributed by atoms with E-state index < -0.39 is 6.43 Å². The van der Waals surface area contributed by atoms with Crippen LogP contribution < -0.4 is 4.90 Å². The van der Waals surface area contributed by atoms with Gasteiger partial charge in [0.2, 0.25) is 0 Å². The maximum Gasteiger partial charge on any atom is 0.260 e. The highest BCUT2D eigenvalue weighted by Crippen LogP contribution is 2.45. The van der Waals surface area contributed by atoms with Gasteiger partial charge in [-0.1, -0.05) is 19.3 Å². The summed E-state index contributed by atoms with van der Waals surface area (Å²) >= 11 is 0. The molecular weight excluding hydrogens is 446 g/mol. The standard InChI is InChI=1S/C27H38F2N6/c1-32-12-10-24-23(17-32)27(31-35(24)20-8-4-3-5-9-20)34-11-6-7-18-13-21(19-15-30-33(2)16-19)22(26(28)29)14-25(18)34/h14-15,19-21,26H,3-13,16-17H2,1-2H3. The van der Waals surface area contributed by atoms with Crippen LogP contribution in [-0.4, -0.2) is 66.1 Å². The lowest BCUT2D eigenvalue weighted by atomic mass is 9.76. The van der Waals surface area contributed by atoms with Crippen molar-refractivity contribution < 1.29 is 8.78 Å². The van der Waals surface area contributed by atoms with Crippen LogP contribution in [0.1, 0.15) is 68.7 Å². The second-order valence-corrected chi connectivity index (χ2v) is 11.2. The van der Waals surface area contributed by atoms with E-state index in [-0.39, 0.29) is 17.4 Å². The minimum atomic E-state index is -2.45. The fraction of sp³-hybridized carbons (Fsp3) is 0.704. The van der Waals surface area contributed by atoms with Crippen molar-refractivity contribution in [1.29, 1.82) is 0 Å². The molecule has 3 aliphatic heterocycles. The molecule has 5 aliphatic rings. The molecule has 0 aromatic carbocycles. The minimum Gasteiger partial charge on any atom is -0.325 e. The van der Waals surface area contributed by atoms with Crippen molar-refractivity contribution in [2.24, 2.45) is 16.9 Å². The molecule has 1 aromatic rings. The Morgan fingerprint density at radius 3 is 2.60 bits per heavy atom. The molecule has 0 N–H and O–H groups in total. The van der Waals surface area contributed by atoms with Crippen molar-refractivity contribution in [3.05, 3.63) is 34.2 Å². The topological polar surface area (TPSA) is 39.9 Å². The first-order valence-electron chi connectivity index (χ1n) is 13.5. The van der Waals surface area contributed by atoms with Crippen LogP contribution in [0.5, 0.6) is 0 Å². The average molecular weight is 485 g/mol. The van der Waals surface area contributed by atoms with Crippen LogP contribution in [0.15, 0.2) is 28.0 Å². The van der Waals surface area contributed by atoms with Gasteiger partial charge in [0, 0.05) is 74.3 Å². The number of hydrazone groups is 1. The summed E-state index contributed by atoms with van der Waals surface area (Å²) < 4.78 is 31.1. The number of anilines is 1. The van der Waals surface area contributed by atoms with Crippen molar-refractivity contribution in [1.82, 2.24) is 19.7 Å². The second kappa shape index (κ2) is 9.34. The molecule has 35 heavy (non-hydrogen) atoms. The number of alkyl halides is 2. The summed E-state index contributed by atoms with van der Waals surface area (Å²) in [4.78, 5) is 4.66. The monoisotopic (exact) mass is 484 g/mol. The van der Waals surface area contributed by atoms with Gasteiger partial charge in [-0.3, -0.25) is 9.69 Å². The lowest BCUT2D eigenvalue weighted by Crippen LogP contribution is -2.36. The maximum absolute atomic E-state index is 14.4. The SMILES string of the molecule is CN1CCc2c(c(N3CCCC4=C3C=C(C(F)F)C(C3C=NN(C)C3)C4)nn2C2CCCCC2)C1. The zero-order valence-corrected chi connectivity index (χ0v) is 21.1. The molecule has 6 nitrogen and oxygen atoms in total. The number of fused-ring (bicyclic) bond motifs is 1. The number of nitrogens with zero attached hydrogens (tertiary/aromatic N) is 6. The molecule has 0 spiro atoms. The van der Waals surface area contributed by atoms with Gasteiger partial charge in [-0.05, 0) is 56.7 Å². The highest BCUT2D eigenvalue weighted by molar-refractivity contribution is 5.66. The second-order valence-electron chi connectivity index (χ2n) is 11.2. The van der Waals surface area contributed by atoms with Gasteiger partial charge in [0.1, 0.15) is 0 Å². The van der Waals surface area contributed by atoms with E-state index >= 15 is 0 Å². The first kappa shape index (κ1) is 23.2. The predicted molar refractivity (Wildman–Crippen MR) is 135 cm³/mol. The van der Waals surface area contributed by atoms with E-state index in [1.807, 2.05) is 24.3 Å². The highest BCUT2D eigenvalue weighted by Gasteiger charge is 2.39. The number of hydrogen-bond donors (Lipinski definition) is 0. The molecule has 4 heterocycles. The van der Waals surface area contributed by atoms with Gasteiger partial charge in [-0.25, -0.2) is 8.78 Å². The molecule has 0 amide bonds.